The average Bonchev–Trinajstić information content (AvgIpc) is 2.97. The summed E-state index contributed by atoms with van der Waals surface area (Å²) >= 11 is 0. The number of hydrogen-bond acceptors (Lipinski definition) is 3. The lowest BCUT2D eigenvalue weighted by Crippen LogP contribution is -2.51. The van der Waals surface area contributed by atoms with Gasteiger partial charge in [0.2, 0.25) is 0 Å². The number of carbonyl (C=O) groups is 1. The molecule has 1 amide bonds. The first kappa shape index (κ1) is 17.3. The molecule has 2 aromatic rings. The molecular weight excluding hydrogens is 328 g/mol. The number of carbonyl (C=O) groups excluding carboxylic acids is 1. The van der Waals surface area contributed by atoms with Gasteiger partial charge in [-0.3, -0.25) is 4.57 Å². The van der Waals surface area contributed by atoms with Crippen LogP contribution in [-0.4, -0.2) is 45.7 Å². The van der Waals surface area contributed by atoms with E-state index in [0.29, 0.717) is 30.6 Å². The van der Waals surface area contributed by atoms with E-state index in [4.69, 9.17) is 0 Å². The molecule has 0 saturated carbocycles. The number of nitrogens with zero attached hydrogens (tertiary/aromatic N) is 3. The lowest BCUT2D eigenvalue weighted by molar-refractivity contribution is 0.0605. The van der Waals surface area contributed by atoms with E-state index in [1.54, 1.807) is 4.57 Å². The molecule has 3 heterocycles. The molecule has 2 aliphatic rings. The predicted octanol–water partition coefficient (Wildman–Crippen LogP) is 2.65. The fraction of sp³-hybridized carbons (Fsp3) is 0.600. The molecule has 2 aliphatic heterocycles. The second-order valence-corrected chi connectivity index (χ2v) is 7.54. The first-order valence-corrected chi connectivity index (χ1v) is 9.93. The summed E-state index contributed by atoms with van der Waals surface area (Å²) in [7, 11) is 0. The molecule has 0 unspecified atom stereocenters. The number of hydrogen-bond donors (Lipinski definition) is 1. The van der Waals surface area contributed by atoms with Gasteiger partial charge in [0, 0.05) is 19.1 Å². The smallest absolute Gasteiger partial charge is 0.337 e. The van der Waals surface area contributed by atoms with Crippen molar-refractivity contribution in [2.24, 2.45) is 5.92 Å². The molecule has 1 aromatic carbocycles. The zero-order valence-electron chi connectivity index (χ0n) is 15.5. The van der Waals surface area contributed by atoms with E-state index < -0.39 is 0 Å². The molecule has 0 aliphatic carbocycles. The molecule has 0 bridgehead atoms. The monoisotopic (exact) mass is 356 g/mol. The fourth-order valence-corrected chi connectivity index (χ4v) is 4.82. The Balaban J connectivity index is 1.53. The molecule has 0 spiro atoms. The number of aryl methyl sites for hydroxylation is 1. The number of imidazole rings is 1. The lowest BCUT2D eigenvalue weighted by atomic mass is 9.83. The van der Waals surface area contributed by atoms with Crippen molar-refractivity contribution < 1.29 is 4.79 Å². The summed E-state index contributed by atoms with van der Waals surface area (Å²) in [6.45, 7) is 5.52. The van der Waals surface area contributed by atoms with Crippen LogP contribution < -0.4 is 11.0 Å². The van der Waals surface area contributed by atoms with Crippen molar-refractivity contribution in [2.75, 3.05) is 19.6 Å². The quantitative estimate of drug-likeness (QED) is 0.920. The summed E-state index contributed by atoms with van der Waals surface area (Å²) in [6, 6.07) is 7.79. The van der Waals surface area contributed by atoms with Crippen molar-refractivity contribution in [1.29, 1.82) is 0 Å². The number of fused-ring (bicyclic) bond motifs is 2. The second kappa shape index (κ2) is 7.27. The van der Waals surface area contributed by atoms with Gasteiger partial charge in [0.05, 0.1) is 11.0 Å². The number of aromatic nitrogens is 2. The number of amides is 1. The molecule has 26 heavy (non-hydrogen) atoms. The molecule has 6 heteroatoms. The SMILES string of the molecule is CCn1c(=O)n(C(=O)NC[C@@H]2CCCN3CCCC[C@H]23)c2ccccc21. The molecule has 1 N–H and O–H groups in total. The summed E-state index contributed by atoms with van der Waals surface area (Å²) in [5, 5.41) is 3.06. The van der Waals surface area contributed by atoms with Gasteiger partial charge in [-0.2, -0.15) is 0 Å². The maximum absolute atomic E-state index is 12.8. The van der Waals surface area contributed by atoms with Crippen LogP contribution in [0.1, 0.15) is 39.0 Å². The van der Waals surface area contributed by atoms with E-state index in [-0.39, 0.29) is 11.7 Å². The number of para-hydroxylation sites is 2. The lowest BCUT2D eigenvalue weighted by Gasteiger charge is -2.44. The van der Waals surface area contributed by atoms with Crippen LogP contribution in [-0.2, 0) is 6.54 Å². The van der Waals surface area contributed by atoms with Crippen LogP contribution in [0.4, 0.5) is 4.79 Å². The van der Waals surface area contributed by atoms with Gasteiger partial charge < -0.3 is 10.2 Å². The van der Waals surface area contributed by atoms with Gasteiger partial charge in [0.25, 0.3) is 0 Å². The number of piperidine rings is 2. The largest absolute Gasteiger partial charge is 0.337 e. The van der Waals surface area contributed by atoms with E-state index in [1.807, 2.05) is 31.2 Å². The third-order valence-corrected chi connectivity index (χ3v) is 6.10. The molecule has 2 fully saturated rings. The molecular formula is C20H28N4O2. The van der Waals surface area contributed by atoms with Crippen LogP contribution in [0.25, 0.3) is 11.0 Å². The Bertz CT molecular complexity index is 851. The number of rotatable bonds is 3. The van der Waals surface area contributed by atoms with Crippen LogP contribution >= 0.6 is 0 Å². The average molecular weight is 356 g/mol. The van der Waals surface area contributed by atoms with Gasteiger partial charge in [-0.25, -0.2) is 14.2 Å². The molecule has 1 aromatic heterocycles. The Morgan fingerprint density at radius 3 is 2.69 bits per heavy atom. The summed E-state index contributed by atoms with van der Waals surface area (Å²) < 4.78 is 2.94. The molecule has 4 rings (SSSR count). The Morgan fingerprint density at radius 2 is 1.88 bits per heavy atom. The van der Waals surface area contributed by atoms with E-state index in [0.717, 1.165) is 11.9 Å². The van der Waals surface area contributed by atoms with Crippen molar-refractivity contribution in [3.8, 4) is 0 Å². The van der Waals surface area contributed by atoms with Crippen LogP contribution in [0.5, 0.6) is 0 Å². The highest BCUT2D eigenvalue weighted by Gasteiger charge is 2.33. The van der Waals surface area contributed by atoms with E-state index in [1.165, 1.54) is 43.3 Å². The highest BCUT2D eigenvalue weighted by Crippen LogP contribution is 2.30. The van der Waals surface area contributed by atoms with Gasteiger partial charge in [-0.05, 0) is 63.7 Å². The minimum atomic E-state index is -0.300. The van der Waals surface area contributed by atoms with Crippen molar-refractivity contribution in [1.82, 2.24) is 19.4 Å². The highest BCUT2D eigenvalue weighted by molar-refractivity contribution is 5.89. The van der Waals surface area contributed by atoms with Gasteiger partial charge in [0.1, 0.15) is 0 Å². The first-order valence-electron chi connectivity index (χ1n) is 9.93. The summed E-state index contributed by atoms with van der Waals surface area (Å²) in [6.07, 6.45) is 6.17. The Morgan fingerprint density at radius 1 is 1.12 bits per heavy atom. The summed E-state index contributed by atoms with van der Waals surface area (Å²) in [4.78, 5) is 28.1. The maximum Gasteiger partial charge on any atom is 0.337 e. The van der Waals surface area contributed by atoms with Crippen LogP contribution in [0.3, 0.4) is 0 Å². The van der Waals surface area contributed by atoms with E-state index in [2.05, 4.69) is 10.2 Å². The molecule has 2 atom stereocenters. The molecule has 140 valence electrons. The van der Waals surface area contributed by atoms with Gasteiger partial charge in [0.15, 0.2) is 0 Å². The molecule has 6 nitrogen and oxygen atoms in total. The van der Waals surface area contributed by atoms with Gasteiger partial charge in [-0.15, -0.1) is 0 Å². The Kier molecular flexibility index (Phi) is 4.85. The normalized spacial score (nSPS) is 23.7. The van der Waals surface area contributed by atoms with Crippen molar-refractivity contribution in [3.05, 3.63) is 34.7 Å². The Hall–Kier alpha value is -2.08. The molecule has 2 saturated heterocycles. The Labute approximate surface area is 153 Å². The highest BCUT2D eigenvalue weighted by atomic mass is 16.2. The van der Waals surface area contributed by atoms with Gasteiger partial charge >= 0.3 is 11.7 Å². The number of benzene rings is 1. The third kappa shape index (κ3) is 2.96. The summed E-state index contributed by atoms with van der Waals surface area (Å²) in [5.74, 6) is 0.489. The first-order chi connectivity index (χ1) is 12.7. The number of nitrogens with one attached hydrogen (secondary N) is 1. The second-order valence-electron chi connectivity index (χ2n) is 7.54. The summed E-state index contributed by atoms with van der Waals surface area (Å²) in [5.41, 5.74) is 1.24. The minimum absolute atomic E-state index is 0.255. The van der Waals surface area contributed by atoms with E-state index in [9.17, 15) is 9.59 Å². The zero-order valence-corrected chi connectivity index (χ0v) is 15.5. The third-order valence-electron chi connectivity index (χ3n) is 6.10. The van der Waals surface area contributed by atoms with Crippen molar-refractivity contribution in [2.45, 2.75) is 51.6 Å². The fourth-order valence-electron chi connectivity index (χ4n) is 4.82. The van der Waals surface area contributed by atoms with Crippen molar-refractivity contribution in [3.63, 3.8) is 0 Å². The maximum atomic E-state index is 12.8. The minimum Gasteiger partial charge on any atom is -0.337 e. The predicted molar refractivity (Wildman–Crippen MR) is 103 cm³/mol. The molecule has 0 radical (unpaired) electrons. The standard InChI is InChI=1S/C20H28N4O2/c1-2-23-17-10-3-4-11-18(17)24(20(23)26)19(25)21-14-15-8-7-13-22-12-6-5-9-16(15)22/h3-4,10-11,15-16H,2,5-9,12-14H2,1H3,(H,21,25)/t15-,16+/m0/s1. The van der Waals surface area contributed by atoms with Crippen LogP contribution in [0.2, 0.25) is 0 Å². The van der Waals surface area contributed by atoms with Crippen LogP contribution in [0.15, 0.2) is 29.1 Å². The van der Waals surface area contributed by atoms with Gasteiger partial charge in [-0.1, -0.05) is 18.6 Å². The topological polar surface area (TPSA) is 59.3 Å². The zero-order chi connectivity index (χ0) is 18.1. The van der Waals surface area contributed by atoms with E-state index >= 15 is 0 Å². The van der Waals surface area contributed by atoms with Crippen molar-refractivity contribution >= 4 is 17.1 Å². The van der Waals surface area contributed by atoms with Crippen LogP contribution in [0, 0.1) is 5.92 Å².